The molecule has 17 heavy (non-hydrogen) atoms. The maximum absolute atomic E-state index is 6.05. The molecule has 0 aromatic carbocycles. The van der Waals surface area contributed by atoms with E-state index in [2.05, 4.69) is 6.92 Å². The van der Waals surface area contributed by atoms with Crippen LogP contribution in [0.1, 0.15) is 46.5 Å². The molecule has 0 radical (unpaired) electrons. The van der Waals surface area contributed by atoms with Crippen molar-refractivity contribution in [2.24, 2.45) is 17.6 Å². The fraction of sp³-hybridized carbons (Fsp3) is 1.00. The van der Waals surface area contributed by atoms with Gasteiger partial charge >= 0.3 is 0 Å². The minimum Gasteiger partial charge on any atom is -0.379 e. The molecule has 1 rings (SSSR count). The van der Waals surface area contributed by atoms with Gasteiger partial charge in [0.15, 0.2) is 0 Å². The standard InChI is InChI=1S/C14H29NO2/c1-11-6-5-7-12(8-11)9-17-10-13(15)14(2,3)16-4/h11-13H,5-10,15H2,1-4H3. The zero-order valence-corrected chi connectivity index (χ0v) is 11.9. The van der Waals surface area contributed by atoms with E-state index < -0.39 is 0 Å². The molecular weight excluding hydrogens is 214 g/mol. The third-order valence-corrected chi connectivity index (χ3v) is 4.12. The summed E-state index contributed by atoms with van der Waals surface area (Å²) in [5, 5.41) is 0. The van der Waals surface area contributed by atoms with E-state index in [9.17, 15) is 0 Å². The highest BCUT2D eigenvalue weighted by atomic mass is 16.5. The Balaban J connectivity index is 2.19. The average Bonchev–Trinajstić information content (AvgIpc) is 2.29. The molecule has 1 aliphatic carbocycles. The maximum atomic E-state index is 6.05. The van der Waals surface area contributed by atoms with Crippen LogP contribution in [-0.2, 0) is 9.47 Å². The molecule has 1 aliphatic rings. The van der Waals surface area contributed by atoms with Crippen molar-refractivity contribution in [1.29, 1.82) is 0 Å². The van der Waals surface area contributed by atoms with E-state index in [1.165, 1.54) is 25.7 Å². The summed E-state index contributed by atoms with van der Waals surface area (Å²) in [6, 6.07) is -0.0616. The van der Waals surface area contributed by atoms with Crippen molar-refractivity contribution in [1.82, 2.24) is 0 Å². The van der Waals surface area contributed by atoms with Gasteiger partial charge in [-0.3, -0.25) is 0 Å². The van der Waals surface area contributed by atoms with Crippen molar-refractivity contribution in [2.45, 2.75) is 58.1 Å². The molecule has 1 saturated carbocycles. The van der Waals surface area contributed by atoms with Crippen LogP contribution in [0.5, 0.6) is 0 Å². The summed E-state index contributed by atoms with van der Waals surface area (Å²) in [4.78, 5) is 0. The van der Waals surface area contributed by atoms with Crippen molar-refractivity contribution >= 4 is 0 Å². The minimum atomic E-state index is -0.306. The van der Waals surface area contributed by atoms with Crippen LogP contribution < -0.4 is 5.73 Å². The maximum Gasteiger partial charge on any atom is 0.0795 e. The van der Waals surface area contributed by atoms with Crippen molar-refractivity contribution in [3.63, 3.8) is 0 Å². The fourth-order valence-electron chi connectivity index (χ4n) is 2.42. The van der Waals surface area contributed by atoms with Gasteiger partial charge in [-0.15, -0.1) is 0 Å². The van der Waals surface area contributed by atoms with Gasteiger partial charge in [0.25, 0.3) is 0 Å². The Labute approximate surface area is 106 Å². The highest BCUT2D eigenvalue weighted by molar-refractivity contribution is 4.82. The first-order valence-electron chi connectivity index (χ1n) is 6.84. The van der Waals surface area contributed by atoms with Crippen molar-refractivity contribution in [3.8, 4) is 0 Å². The Morgan fingerprint density at radius 3 is 2.65 bits per heavy atom. The largest absolute Gasteiger partial charge is 0.379 e. The van der Waals surface area contributed by atoms with Gasteiger partial charge in [0.1, 0.15) is 0 Å². The zero-order valence-electron chi connectivity index (χ0n) is 11.9. The molecule has 1 fully saturated rings. The highest BCUT2D eigenvalue weighted by Crippen LogP contribution is 2.28. The lowest BCUT2D eigenvalue weighted by molar-refractivity contribution is -0.0334. The first-order chi connectivity index (χ1) is 7.95. The van der Waals surface area contributed by atoms with Gasteiger partial charge in [0.2, 0.25) is 0 Å². The Hall–Kier alpha value is -0.120. The molecule has 3 atom stereocenters. The number of nitrogens with two attached hydrogens (primary N) is 1. The summed E-state index contributed by atoms with van der Waals surface area (Å²) < 4.78 is 11.1. The summed E-state index contributed by atoms with van der Waals surface area (Å²) in [6.45, 7) is 7.79. The van der Waals surface area contributed by atoms with Gasteiger partial charge in [-0.2, -0.15) is 0 Å². The lowest BCUT2D eigenvalue weighted by atomic mass is 9.83. The first-order valence-corrected chi connectivity index (χ1v) is 6.84. The van der Waals surface area contributed by atoms with Gasteiger partial charge in [-0.05, 0) is 38.5 Å². The fourth-order valence-corrected chi connectivity index (χ4v) is 2.42. The third-order valence-electron chi connectivity index (χ3n) is 4.12. The number of hydrogen-bond donors (Lipinski definition) is 1. The molecule has 3 unspecified atom stereocenters. The lowest BCUT2D eigenvalue weighted by Gasteiger charge is -2.31. The van der Waals surface area contributed by atoms with Crippen molar-refractivity contribution in [3.05, 3.63) is 0 Å². The number of ether oxygens (including phenoxy) is 2. The molecule has 2 N–H and O–H groups in total. The highest BCUT2D eigenvalue weighted by Gasteiger charge is 2.26. The van der Waals surface area contributed by atoms with Crippen LogP contribution >= 0.6 is 0 Å². The third kappa shape index (κ3) is 4.94. The van der Waals surface area contributed by atoms with E-state index in [-0.39, 0.29) is 11.6 Å². The van der Waals surface area contributed by atoms with E-state index in [1.807, 2.05) is 13.8 Å². The number of hydrogen-bond acceptors (Lipinski definition) is 3. The predicted octanol–water partition coefficient (Wildman–Crippen LogP) is 2.58. The smallest absolute Gasteiger partial charge is 0.0795 e. The minimum absolute atomic E-state index is 0.0616. The molecule has 0 spiro atoms. The van der Waals surface area contributed by atoms with Gasteiger partial charge in [-0.1, -0.05) is 19.8 Å². The molecule has 0 aromatic heterocycles. The van der Waals surface area contributed by atoms with Crippen molar-refractivity contribution < 1.29 is 9.47 Å². The Kier molecular flexibility index (Phi) is 5.90. The van der Waals surface area contributed by atoms with Crippen LogP contribution in [0.3, 0.4) is 0 Å². The number of rotatable bonds is 6. The summed E-state index contributed by atoms with van der Waals surface area (Å²) in [7, 11) is 1.70. The van der Waals surface area contributed by atoms with Gasteiger partial charge in [0.05, 0.1) is 18.2 Å². The van der Waals surface area contributed by atoms with Crippen LogP contribution in [0.4, 0.5) is 0 Å². The first kappa shape index (κ1) is 14.9. The topological polar surface area (TPSA) is 44.5 Å². The van der Waals surface area contributed by atoms with Crippen LogP contribution in [0.2, 0.25) is 0 Å². The SMILES string of the molecule is COC(C)(C)C(N)COCC1CCCC(C)C1. The molecule has 0 heterocycles. The van der Waals surface area contributed by atoms with Gasteiger partial charge < -0.3 is 15.2 Å². The van der Waals surface area contributed by atoms with Crippen LogP contribution in [0, 0.1) is 11.8 Å². The molecule has 0 saturated heterocycles. The molecule has 3 heteroatoms. The molecule has 3 nitrogen and oxygen atoms in total. The van der Waals surface area contributed by atoms with Gasteiger partial charge in [-0.25, -0.2) is 0 Å². The lowest BCUT2D eigenvalue weighted by Crippen LogP contribution is -2.48. The second kappa shape index (κ2) is 6.72. The molecule has 0 bridgehead atoms. The average molecular weight is 243 g/mol. The van der Waals surface area contributed by atoms with Crippen LogP contribution in [0.15, 0.2) is 0 Å². The second-order valence-corrected chi connectivity index (χ2v) is 6.09. The van der Waals surface area contributed by atoms with E-state index in [4.69, 9.17) is 15.2 Å². The van der Waals surface area contributed by atoms with Gasteiger partial charge in [0, 0.05) is 13.7 Å². The molecule has 0 amide bonds. The predicted molar refractivity (Wildman–Crippen MR) is 71.0 cm³/mol. The van der Waals surface area contributed by atoms with E-state index in [0.29, 0.717) is 6.61 Å². The van der Waals surface area contributed by atoms with E-state index >= 15 is 0 Å². The van der Waals surface area contributed by atoms with Crippen LogP contribution in [0.25, 0.3) is 0 Å². The quantitative estimate of drug-likeness (QED) is 0.780. The molecule has 102 valence electrons. The van der Waals surface area contributed by atoms with E-state index in [1.54, 1.807) is 7.11 Å². The summed E-state index contributed by atoms with van der Waals surface area (Å²) in [6.07, 6.45) is 5.35. The molecular formula is C14H29NO2. The summed E-state index contributed by atoms with van der Waals surface area (Å²) in [5.74, 6) is 1.60. The Bertz CT molecular complexity index is 218. The molecule has 0 aromatic rings. The van der Waals surface area contributed by atoms with Crippen LogP contribution in [-0.4, -0.2) is 32.0 Å². The second-order valence-electron chi connectivity index (χ2n) is 6.09. The Morgan fingerprint density at radius 2 is 2.06 bits per heavy atom. The monoisotopic (exact) mass is 243 g/mol. The number of methoxy groups -OCH3 is 1. The summed E-state index contributed by atoms with van der Waals surface area (Å²) in [5.41, 5.74) is 5.75. The van der Waals surface area contributed by atoms with Crippen molar-refractivity contribution in [2.75, 3.05) is 20.3 Å². The summed E-state index contributed by atoms with van der Waals surface area (Å²) >= 11 is 0. The molecule has 0 aliphatic heterocycles. The zero-order chi connectivity index (χ0) is 12.9. The Morgan fingerprint density at radius 1 is 1.35 bits per heavy atom. The van der Waals surface area contributed by atoms with E-state index in [0.717, 1.165) is 18.4 Å². The normalized spacial score (nSPS) is 28.1.